The maximum Gasteiger partial charge on any atom is 0.264 e. The lowest BCUT2D eigenvalue weighted by Gasteiger charge is -2.28. The van der Waals surface area contributed by atoms with Crippen LogP contribution in [0.2, 0.25) is 0 Å². The summed E-state index contributed by atoms with van der Waals surface area (Å²) in [5.41, 5.74) is -0.183. The molecule has 1 aliphatic heterocycles. The van der Waals surface area contributed by atoms with Gasteiger partial charge >= 0.3 is 0 Å². The Balaban J connectivity index is 2.00. The Morgan fingerprint density at radius 3 is 2.55 bits per heavy atom. The van der Waals surface area contributed by atoms with Crippen LogP contribution in [0.3, 0.4) is 0 Å². The van der Waals surface area contributed by atoms with E-state index in [-0.39, 0.29) is 18.2 Å². The lowest BCUT2D eigenvalue weighted by molar-refractivity contribution is -0.127. The Hall–Kier alpha value is -2.68. The topological polar surface area (TPSA) is 75.7 Å². The second-order valence-electron chi connectivity index (χ2n) is 7.49. The fourth-order valence-corrected chi connectivity index (χ4v) is 4.17. The van der Waals surface area contributed by atoms with Crippen LogP contribution in [0, 0.1) is 17.0 Å². The summed E-state index contributed by atoms with van der Waals surface area (Å²) in [6.07, 6.45) is 0.692. The van der Waals surface area contributed by atoms with Crippen molar-refractivity contribution in [1.29, 1.82) is 0 Å². The highest BCUT2D eigenvalue weighted by molar-refractivity contribution is 7.92. The fourth-order valence-electron chi connectivity index (χ4n) is 3.06. The van der Waals surface area contributed by atoms with Gasteiger partial charge in [0.05, 0.1) is 16.8 Å². The number of hydrogen-bond acceptors (Lipinski definition) is 4. The van der Waals surface area contributed by atoms with Crippen molar-refractivity contribution in [1.82, 2.24) is 0 Å². The summed E-state index contributed by atoms with van der Waals surface area (Å²) in [6.45, 7) is 6.11. The van der Waals surface area contributed by atoms with E-state index < -0.39 is 32.0 Å². The van der Waals surface area contributed by atoms with Gasteiger partial charge in [-0.2, -0.15) is 0 Å². The van der Waals surface area contributed by atoms with E-state index in [9.17, 15) is 22.0 Å². The Morgan fingerprint density at radius 2 is 1.90 bits per heavy atom. The van der Waals surface area contributed by atoms with E-state index >= 15 is 0 Å². The number of fused-ring (bicyclic) bond motifs is 1. The Bertz CT molecular complexity index is 1050. The molecule has 0 aromatic heterocycles. The van der Waals surface area contributed by atoms with Gasteiger partial charge in [0.2, 0.25) is 5.91 Å². The van der Waals surface area contributed by atoms with Gasteiger partial charge in [-0.15, -0.1) is 0 Å². The molecule has 0 bridgehead atoms. The molecule has 9 heteroatoms. The monoisotopic (exact) mass is 424 g/mol. The van der Waals surface area contributed by atoms with Crippen LogP contribution >= 0.6 is 0 Å². The predicted molar refractivity (Wildman–Crippen MR) is 106 cm³/mol. The van der Waals surface area contributed by atoms with Crippen LogP contribution in [0.25, 0.3) is 0 Å². The Kier molecular flexibility index (Phi) is 5.53. The van der Waals surface area contributed by atoms with E-state index in [2.05, 4.69) is 4.72 Å². The first-order valence-corrected chi connectivity index (χ1v) is 10.6. The molecule has 0 spiro atoms. The zero-order valence-electron chi connectivity index (χ0n) is 16.3. The van der Waals surface area contributed by atoms with Crippen molar-refractivity contribution < 1.29 is 26.7 Å². The average Bonchev–Trinajstić information content (AvgIpc) is 2.71. The molecule has 1 N–H and O–H groups in total. The molecule has 0 saturated carbocycles. The van der Waals surface area contributed by atoms with Gasteiger partial charge in [-0.1, -0.05) is 6.92 Å². The number of nitrogens with zero attached hydrogens (tertiary/aromatic N) is 1. The number of carbonyl (C=O) groups excluding carboxylic acids is 1. The van der Waals surface area contributed by atoms with Crippen LogP contribution in [0.1, 0.15) is 27.2 Å². The first-order valence-electron chi connectivity index (χ1n) is 9.12. The molecule has 156 valence electrons. The summed E-state index contributed by atoms with van der Waals surface area (Å²) in [7, 11) is -4.30. The summed E-state index contributed by atoms with van der Waals surface area (Å²) in [5.74, 6) is -1.75. The van der Waals surface area contributed by atoms with Gasteiger partial charge in [-0.3, -0.25) is 9.52 Å². The first-order chi connectivity index (χ1) is 13.5. The van der Waals surface area contributed by atoms with E-state index in [1.807, 2.05) is 6.92 Å². The molecule has 1 aliphatic rings. The molecule has 6 nitrogen and oxygen atoms in total. The summed E-state index contributed by atoms with van der Waals surface area (Å²) in [4.78, 5) is 13.8. The highest BCUT2D eigenvalue weighted by Crippen LogP contribution is 2.38. The number of ether oxygens (including phenoxy) is 1. The minimum atomic E-state index is -4.30. The van der Waals surface area contributed by atoms with Crippen molar-refractivity contribution in [2.45, 2.75) is 32.1 Å². The predicted octanol–water partition coefficient (Wildman–Crippen LogP) is 3.93. The molecular formula is C20H22F2N2O4S. The number of carbonyl (C=O) groups is 1. The minimum Gasteiger partial charge on any atom is -0.490 e. The second kappa shape index (κ2) is 7.62. The maximum absolute atomic E-state index is 13.9. The Labute approximate surface area is 168 Å². The molecule has 0 aliphatic carbocycles. The number of nitrogens with one attached hydrogen (secondary N) is 1. The van der Waals surface area contributed by atoms with E-state index in [0.717, 1.165) is 12.1 Å². The zero-order chi connectivity index (χ0) is 21.4. The van der Waals surface area contributed by atoms with Crippen LogP contribution < -0.4 is 14.4 Å². The second-order valence-corrected chi connectivity index (χ2v) is 9.14. The van der Waals surface area contributed by atoms with E-state index in [4.69, 9.17) is 4.74 Å². The zero-order valence-corrected chi connectivity index (χ0v) is 17.1. The molecule has 0 saturated heterocycles. The molecule has 0 unspecified atom stereocenters. The molecular weight excluding hydrogens is 402 g/mol. The van der Waals surface area contributed by atoms with E-state index in [0.29, 0.717) is 30.5 Å². The van der Waals surface area contributed by atoms with Gasteiger partial charge in [0.25, 0.3) is 10.0 Å². The van der Waals surface area contributed by atoms with Crippen molar-refractivity contribution >= 4 is 27.3 Å². The van der Waals surface area contributed by atoms with E-state index in [1.54, 1.807) is 24.8 Å². The normalized spacial score (nSPS) is 16.0. The van der Waals surface area contributed by atoms with Crippen molar-refractivity contribution in [3.05, 3.63) is 48.0 Å². The summed E-state index contributed by atoms with van der Waals surface area (Å²) >= 11 is 0. The summed E-state index contributed by atoms with van der Waals surface area (Å²) in [5, 5.41) is 0. The van der Waals surface area contributed by atoms with E-state index in [1.165, 1.54) is 12.1 Å². The molecule has 2 aromatic carbocycles. The molecule has 0 fully saturated rings. The highest BCUT2D eigenvalue weighted by atomic mass is 32.2. The molecule has 0 atom stereocenters. The molecule has 29 heavy (non-hydrogen) atoms. The number of hydrogen-bond donors (Lipinski definition) is 1. The third kappa shape index (κ3) is 4.19. The first kappa shape index (κ1) is 21.0. The standard InChI is InChI=1S/C20H22F2N2O4S/c1-4-9-24-16-11-14(6-7-17(16)28-12-20(2,3)19(24)25)23-29(26,27)18-8-5-13(21)10-15(18)22/h5-8,10-11,23H,4,9,12H2,1-3H3. The number of benzene rings is 2. The molecule has 2 aromatic rings. The van der Waals surface area contributed by atoms with Gasteiger partial charge in [0.1, 0.15) is 28.9 Å². The quantitative estimate of drug-likeness (QED) is 0.789. The highest BCUT2D eigenvalue weighted by Gasteiger charge is 2.37. The maximum atomic E-state index is 13.9. The van der Waals surface area contributed by atoms with Crippen LogP contribution in [0.4, 0.5) is 20.2 Å². The smallest absolute Gasteiger partial charge is 0.264 e. The SMILES string of the molecule is CCCN1C(=O)C(C)(C)COc2ccc(NS(=O)(=O)c3ccc(F)cc3F)cc21. The van der Waals surface area contributed by atoms with Crippen LogP contribution in [-0.4, -0.2) is 27.5 Å². The van der Waals surface area contributed by atoms with Crippen LogP contribution in [0.5, 0.6) is 5.75 Å². The largest absolute Gasteiger partial charge is 0.490 e. The summed E-state index contributed by atoms with van der Waals surface area (Å²) in [6, 6.07) is 6.73. The van der Waals surface area contributed by atoms with Crippen LogP contribution in [0.15, 0.2) is 41.3 Å². The van der Waals surface area contributed by atoms with Crippen molar-refractivity contribution in [3.63, 3.8) is 0 Å². The van der Waals surface area contributed by atoms with Crippen LogP contribution in [-0.2, 0) is 14.8 Å². The van der Waals surface area contributed by atoms with Crippen molar-refractivity contribution in [3.8, 4) is 5.75 Å². The third-order valence-electron chi connectivity index (χ3n) is 4.55. The Morgan fingerprint density at radius 1 is 1.17 bits per heavy atom. The lowest BCUT2D eigenvalue weighted by Crippen LogP contribution is -2.42. The van der Waals surface area contributed by atoms with Gasteiger partial charge in [0, 0.05) is 12.6 Å². The van der Waals surface area contributed by atoms with Crippen molar-refractivity contribution in [2.24, 2.45) is 5.41 Å². The molecule has 1 amide bonds. The third-order valence-corrected chi connectivity index (χ3v) is 5.96. The number of rotatable bonds is 5. The number of anilines is 2. The van der Waals surface area contributed by atoms with Gasteiger partial charge in [-0.05, 0) is 50.6 Å². The average molecular weight is 424 g/mol. The van der Waals surface area contributed by atoms with Gasteiger partial charge in [0.15, 0.2) is 0 Å². The van der Waals surface area contributed by atoms with Gasteiger partial charge in [-0.25, -0.2) is 17.2 Å². The number of sulfonamides is 1. The molecule has 1 heterocycles. The van der Waals surface area contributed by atoms with Crippen molar-refractivity contribution in [2.75, 3.05) is 22.8 Å². The molecule has 3 rings (SSSR count). The fraction of sp³-hybridized carbons (Fsp3) is 0.350. The number of halogens is 2. The van der Waals surface area contributed by atoms with Gasteiger partial charge < -0.3 is 9.64 Å². The summed E-state index contributed by atoms with van der Waals surface area (Å²) < 4.78 is 60.2. The number of amides is 1. The molecule has 0 radical (unpaired) electrons. The minimum absolute atomic E-state index is 0.129. The lowest BCUT2D eigenvalue weighted by atomic mass is 9.93.